The fourth-order valence-electron chi connectivity index (χ4n) is 4.60. The third-order valence-electron chi connectivity index (χ3n) is 6.49. The quantitative estimate of drug-likeness (QED) is 0.608. The molecule has 32 heavy (non-hydrogen) atoms. The number of hydrogen-bond donors (Lipinski definition) is 2. The van der Waals surface area contributed by atoms with Crippen LogP contribution < -0.4 is 10.0 Å². The van der Waals surface area contributed by atoms with Crippen molar-refractivity contribution < 1.29 is 13.2 Å². The number of hydrogen-bond acceptors (Lipinski definition) is 5. The summed E-state index contributed by atoms with van der Waals surface area (Å²) in [6.45, 7) is 4.25. The molecule has 2 N–H and O–H groups in total. The number of nitrogens with one attached hydrogen (secondary N) is 2. The van der Waals surface area contributed by atoms with Crippen LogP contribution >= 0.6 is 0 Å². The predicted octanol–water partition coefficient (Wildman–Crippen LogP) is 2.66. The van der Waals surface area contributed by atoms with Gasteiger partial charge in [-0.15, -0.1) is 0 Å². The summed E-state index contributed by atoms with van der Waals surface area (Å²) in [7, 11) is -3.51. The predicted molar refractivity (Wildman–Crippen MR) is 127 cm³/mol. The molecule has 4 rings (SSSR count). The molecule has 0 spiro atoms. The second-order valence-electron chi connectivity index (χ2n) is 9.28. The van der Waals surface area contributed by atoms with Gasteiger partial charge in [-0.2, -0.15) is 0 Å². The zero-order valence-corrected chi connectivity index (χ0v) is 19.5. The Balaban J connectivity index is 1.15. The molecular weight excluding hydrogens is 422 g/mol. The van der Waals surface area contributed by atoms with E-state index in [9.17, 15) is 13.2 Å². The molecule has 6 nitrogen and oxygen atoms in total. The lowest BCUT2D eigenvalue weighted by molar-refractivity contribution is -0.118. The average molecular weight is 456 g/mol. The van der Waals surface area contributed by atoms with Crippen LogP contribution in [0.5, 0.6) is 0 Å². The number of carbonyl (C=O) groups excluding carboxylic acids is 1. The third-order valence-corrected chi connectivity index (χ3v) is 7.09. The summed E-state index contributed by atoms with van der Waals surface area (Å²) in [5.74, 6) is 0.938. The van der Waals surface area contributed by atoms with Gasteiger partial charge in [-0.05, 0) is 61.5 Å². The summed E-state index contributed by atoms with van der Waals surface area (Å²) < 4.78 is 24.3. The molecule has 2 aromatic rings. The van der Waals surface area contributed by atoms with Crippen molar-refractivity contribution in [3.8, 4) is 0 Å². The van der Waals surface area contributed by atoms with Crippen LogP contribution in [0.3, 0.4) is 0 Å². The van der Waals surface area contributed by atoms with Crippen molar-refractivity contribution in [3.63, 3.8) is 0 Å². The van der Waals surface area contributed by atoms with Gasteiger partial charge in [-0.1, -0.05) is 54.6 Å². The molecule has 7 heteroatoms. The van der Waals surface area contributed by atoms with Gasteiger partial charge in [0.1, 0.15) is 0 Å². The van der Waals surface area contributed by atoms with E-state index in [1.54, 1.807) is 0 Å². The Morgan fingerprint density at radius 1 is 1.00 bits per heavy atom. The molecule has 0 unspecified atom stereocenters. The number of nitrogens with zero attached hydrogens (tertiary/aromatic N) is 1. The zero-order valence-electron chi connectivity index (χ0n) is 18.7. The van der Waals surface area contributed by atoms with Crippen LogP contribution in [-0.2, 0) is 27.8 Å². The number of carbonyl (C=O) groups is 1. The van der Waals surface area contributed by atoms with Gasteiger partial charge in [0.2, 0.25) is 15.9 Å². The fraction of sp³-hybridized carbons (Fsp3) is 0.480. The van der Waals surface area contributed by atoms with Crippen LogP contribution in [0.1, 0.15) is 41.9 Å². The van der Waals surface area contributed by atoms with Crippen molar-refractivity contribution in [3.05, 3.63) is 71.3 Å². The van der Waals surface area contributed by atoms with E-state index >= 15 is 0 Å². The largest absolute Gasteiger partial charge is 0.313 e. The molecule has 2 aliphatic rings. The maximum absolute atomic E-state index is 11.7. The number of rotatable bonds is 9. The average Bonchev–Trinajstić information content (AvgIpc) is 3.54. The van der Waals surface area contributed by atoms with Gasteiger partial charge in [-0.25, -0.2) is 8.42 Å². The minimum absolute atomic E-state index is 0.0673. The topological polar surface area (TPSA) is 78.5 Å². The molecule has 1 saturated heterocycles. The van der Waals surface area contributed by atoms with E-state index in [4.69, 9.17) is 0 Å². The van der Waals surface area contributed by atoms with Gasteiger partial charge in [0.25, 0.3) is 0 Å². The highest BCUT2D eigenvalue weighted by Gasteiger charge is 2.38. The van der Waals surface area contributed by atoms with Gasteiger partial charge >= 0.3 is 0 Å². The van der Waals surface area contributed by atoms with Crippen LogP contribution in [0.25, 0.3) is 0 Å². The lowest BCUT2D eigenvalue weighted by atomic mass is 9.96. The molecule has 0 aromatic heterocycles. The number of amides is 1. The van der Waals surface area contributed by atoms with Crippen molar-refractivity contribution in [2.24, 2.45) is 5.92 Å². The Morgan fingerprint density at radius 2 is 1.66 bits per heavy atom. The van der Waals surface area contributed by atoms with Gasteiger partial charge in [0, 0.05) is 18.5 Å². The molecule has 172 valence electrons. The second-order valence-corrected chi connectivity index (χ2v) is 11.0. The standard InChI is InChI=1S/C25H33N3O3S/c1-32(30,31)27-25(29)15-19-7-9-21(10-8-19)18-28-13-11-20(12-14-28)17-26-24-16-23(24)22-5-3-2-4-6-22/h2-10,20,23-24,26H,11-18H2,1H3,(H,27,29)/t23-,24+/m0/s1. The lowest BCUT2D eigenvalue weighted by Gasteiger charge is -2.32. The summed E-state index contributed by atoms with van der Waals surface area (Å²) in [6.07, 6.45) is 4.76. The lowest BCUT2D eigenvalue weighted by Crippen LogP contribution is -2.37. The summed E-state index contributed by atoms with van der Waals surface area (Å²) in [5, 5.41) is 3.79. The van der Waals surface area contributed by atoms with E-state index in [0.717, 1.165) is 43.9 Å². The van der Waals surface area contributed by atoms with Crippen LogP contribution in [0.15, 0.2) is 54.6 Å². The first-order valence-corrected chi connectivity index (χ1v) is 13.3. The Labute approximate surface area is 191 Å². The van der Waals surface area contributed by atoms with Crippen LogP contribution in [-0.4, -0.2) is 51.2 Å². The molecule has 1 amide bonds. The summed E-state index contributed by atoms with van der Waals surface area (Å²) in [5.41, 5.74) is 3.49. The van der Waals surface area contributed by atoms with Gasteiger partial charge in [0.15, 0.2) is 0 Å². The van der Waals surface area contributed by atoms with E-state index in [1.165, 1.54) is 30.4 Å². The van der Waals surface area contributed by atoms with E-state index in [-0.39, 0.29) is 6.42 Å². The van der Waals surface area contributed by atoms with E-state index in [2.05, 4.69) is 40.5 Å². The molecule has 0 radical (unpaired) electrons. The molecule has 2 aromatic carbocycles. The third kappa shape index (κ3) is 6.89. The molecule has 2 fully saturated rings. The number of likely N-dealkylation sites (tertiary alicyclic amines) is 1. The van der Waals surface area contributed by atoms with Crippen molar-refractivity contribution in [1.82, 2.24) is 14.9 Å². The highest BCUT2D eigenvalue weighted by Crippen LogP contribution is 2.40. The summed E-state index contributed by atoms with van der Waals surface area (Å²) in [4.78, 5) is 14.2. The summed E-state index contributed by atoms with van der Waals surface area (Å²) >= 11 is 0. The van der Waals surface area contributed by atoms with E-state index in [1.807, 2.05) is 29.0 Å². The van der Waals surface area contributed by atoms with Crippen LogP contribution in [0.2, 0.25) is 0 Å². The number of piperidine rings is 1. The van der Waals surface area contributed by atoms with Crippen molar-refractivity contribution in [1.29, 1.82) is 0 Å². The van der Waals surface area contributed by atoms with Crippen molar-refractivity contribution in [2.45, 2.75) is 44.2 Å². The van der Waals surface area contributed by atoms with Crippen LogP contribution in [0, 0.1) is 5.92 Å². The van der Waals surface area contributed by atoms with Gasteiger partial charge in [-0.3, -0.25) is 14.4 Å². The Bertz CT molecular complexity index is 1000. The first kappa shape index (κ1) is 23.0. The fourth-order valence-corrected chi connectivity index (χ4v) is 5.09. The minimum Gasteiger partial charge on any atom is -0.313 e. The molecule has 1 aliphatic heterocycles. The highest BCUT2D eigenvalue weighted by molar-refractivity contribution is 7.89. The van der Waals surface area contributed by atoms with E-state index < -0.39 is 15.9 Å². The molecule has 2 atom stereocenters. The molecule has 1 saturated carbocycles. The van der Waals surface area contributed by atoms with E-state index in [0.29, 0.717) is 12.0 Å². The maximum atomic E-state index is 11.7. The number of benzene rings is 2. The smallest absolute Gasteiger partial charge is 0.237 e. The molecule has 1 aliphatic carbocycles. The Hall–Kier alpha value is -2.22. The maximum Gasteiger partial charge on any atom is 0.237 e. The van der Waals surface area contributed by atoms with Gasteiger partial charge < -0.3 is 5.32 Å². The SMILES string of the molecule is CS(=O)(=O)NC(=O)Cc1ccc(CN2CCC(CN[C@@H]3C[C@H]3c3ccccc3)CC2)cc1. The highest BCUT2D eigenvalue weighted by atomic mass is 32.2. The first-order valence-electron chi connectivity index (χ1n) is 11.4. The monoisotopic (exact) mass is 455 g/mol. The molecule has 1 heterocycles. The number of sulfonamides is 1. The van der Waals surface area contributed by atoms with Crippen LogP contribution in [0.4, 0.5) is 0 Å². The van der Waals surface area contributed by atoms with Crippen molar-refractivity contribution in [2.75, 3.05) is 25.9 Å². The molecule has 0 bridgehead atoms. The first-order chi connectivity index (χ1) is 15.4. The molecular formula is C25H33N3O3S. The minimum atomic E-state index is -3.51. The Kier molecular flexibility index (Phi) is 7.28. The van der Waals surface area contributed by atoms with Gasteiger partial charge in [0.05, 0.1) is 12.7 Å². The normalized spacial score (nSPS) is 21.9. The summed E-state index contributed by atoms with van der Waals surface area (Å²) in [6, 6.07) is 19.3. The zero-order chi connectivity index (χ0) is 22.6. The van der Waals surface area contributed by atoms with Crippen molar-refractivity contribution >= 4 is 15.9 Å². The second kappa shape index (κ2) is 10.1. The Morgan fingerprint density at radius 3 is 2.31 bits per heavy atom.